The zero-order valence-electron chi connectivity index (χ0n) is 16.2. The number of piperidine rings is 1. The minimum Gasteiger partial charge on any atom is -0.454 e. The summed E-state index contributed by atoms with van der Waals surface area (Å²) in [6.07, 6.45) is -0.0286. The number of H-pyrrole nitrogens is 1. The van der Waals surface area contributed by atoms with Crippen molar-refractivity contribution in [2.45, 2.75) is 39.2 Å². The Balaban J connectivity index is 1.51. The molecule has 7 nitrogen and oxygen atoms in total. The molecule has 0 aliphatic carbocycles. The van der Waals surface area contributed by atoms with Gasteiger partial charge in [-0.3, -0.25) is 9.59 Å². The summed E-state index contributed by atoms with van der Waals surface area (Å²) >= 11 is 0. The van der Waals surface area contributed by atoms with Crippen LogP contribution in [0.5, 0.6) is 11.5 Å². The second-order valence-corrected chi connectivity index (χ2v) is 7.51. The van der Waals surface area contributed by atoms with Crippen LogP contribution in [0.15, 0.2) is 18.2 Å². The molecule has 2 atom stereocenters. The van der Waals surface area contributed by atoms with Crippen LogP contribution >= 0.6 is 0 Å². The summed E-state index contributed by atoms with van der Waals surface area (Å²) in [6, 6.07) is 5.71. The van der Waals surface area contributed by atoms with Gasteiger partial charge in [0.2, 0.25) is 6.79 Å². The number of hydrogen-bond donors (Lipinski definition) is 2. The van der Waals surface area contributed by atoms with E-state index < -0.39 is 6.10 Å². The van der Waals surface area contributed by atoms with E-state index in [2.05, 4.69) is 4.98 Å². The number of rotatable bonds is 3. The van der Waals surface area contributed by atoms with E-state index in [-0.39, 0.29) is 30.9 Å². The van der Waals surface area contributed by atoms with E-state index >= 15 is 0 Å². The maximum atomic E-state index is 13.1. The number of aliphatic hydroxyl groups is 1. The van der Waals surface area contributed by atoms with Crippen LogP contribution in [0, 0.1) is 13.8 Å². The van der Waals surface area contributed by atoms with Crippen molar-refractivity contribution in [2.24, 2.45) is 0 Å². The van der Waals surface area contributed by atoms with Crippen LogP contribution in [0.4, 0.5) is 0 Å². The molecule has 3 heterocycles. The van der Waals surface area contributed by atoms with Gasteiger partial charge in [0.15, 0.2) is 17.3 Å². The Bertz CT molecular complexity index is 949. The number of fused-ring (bicyclic) bond motifs is 1. The SMILES string of the molecule is CC(=O)c1[nH]c(C)c(C(=O)N2CC[C@@H](c3ccc4c(c3)OCO4)[C@H](O)C2)c1C. The fourth-order valence-electron chi connectivity index (χ4n) is 4.23. The van der Waals surface area contributed by atoms with Crippen molar-refractivity contribution in [1.29, 1.82) is 0 Å². The molecule has 1 aromatic carbocycles. The molecule has 7 heteroatoms. The van der Waals surface area contributed by atoms with Gasteiger partial charge in [-0.1, -0.05) is 6.07 Å². The summed E-state index contributed by atoms with van der Waals surface area (Å²) in [5, 5.41) is 10.7. The number of aryl methyl sites for hydroxylation is 1. The van der Waals surface area contributed by atoms with Crippen molar-refractivity contribution in [2.75, 3.05) is 19.9 Å². The van der Waals surface area contributed by atoms with E-state index in [0.717, 1.165) is 5.56 Å². The zero-order chi connectivity index (χ0) is 20.0. The number of β-amino-alcohol motifs (C(OH)–C–C–N with tert-alkyl or cyclic N) is 1. The molecule has 4 rings (SSSR count). The number of ketones is 1. The third-order valence-electron chi connectivity index (χ3n) is 5.70. The van der Waals surface area contributed by atoms with Crippen LogP contribution in [0.1, 0.15) is 56.9 Å². The number of carbonyl (C=O) groups excluding carboxylic acids is 2. The Morgan fingerprint density at radius 2 is 1.96 bits per heavy atom. The summed E-state index contributed by atoms with van der Waals surface area (Å²) in [5.41, 5.74) is 3.33. The first-order valence-corrected chi connectivity index (χ1v) is 9.43. The first-order valence-electron chi connectivity index (χ1n) is 9.43. The molecule has 2 aromatic rings. The predicted molar refractivity (Wildman–Crippen MR) is 102 cm³/mol. The lowest BCUT2D eigenvalue weighted by molar-refractivity contribution is 0.0380. The van der Waals surface area contributed by atoms with E-state index in [4.69, 9.17) is 9.47 Å². The molecule has 0 saturated carbocycles. The van der Waals surface area contributed by atoms with Crippen molar-refractivity contribution in [3.63, 3.8) is 0 Å². The molecule has 1 aromatic heterocycles. The Labute approximate surface area is 163 Å². The second kappa shape index (κ2) is 6.98. The summed E-state index contributed by atoms with van der Waals surface area (Å²) in [6.45, 7) is 6.05. The minimum absolute atomic E-state index is 0.0697. The Morgan fingerprint density at radius 1 is 1.21 bits per heavy atom. The van der Waals surface area contributed by atoms with Crippen LogP contribution in [-0.2, 0) is 0 Å². The van der Waals surface area contributed by atoms with Crippen LogP contribution in [0.25, 0.3) is 0 Å². The number of ether oxygens (including phenoxy) is 2. The molecule has 148 valence electrons. The number of aromatic nitrogens is 1. The number of nitrogens with one attached hydrogen (secondary N) is 1. The van der Waals surface area contributed by atoms with Gasteiger partial charge in [0.1, 0.15) is 0 Å². The molecule has 1 saturated heterocycles. The van der Waals surface area contributed by atoms with E-state index in [1.165, 1.54) is 6.92 Å². The van der Waals surface area contributed by atoms with Crippen molar-refractivity contribution in [1.82, 2.24) is 9.88 Å². The van der Waals surface area contributed by atoms with Crippen molar-refractivity contribution < 1.29 is 24.2 Å². The van der Waals surface area contributed by atoms with Gasteiger partial charge in [-0.25, -0.2) is 0 Å². The Hall–Kier alpha value is -2.80. The number of nitrogens with zero attached hydrogens (tertiary/aromatic N) is 1. The average molecular weight is 384 g/mol. The quantitative estimate of drug-likeness (QED) is 0.794. The zero-order valence-corrected chi connectivity index (χ0v) is 16.2. The van der Waals surface area contributed by atoms with E-state index in [1.54, 1.807) is 18.7 Å². The average Bonchev–Trinajstić information content (AvgIpc) is 3.24. The predicted octanol–water partition coefficient (Wildman–Crippen LogP) is 2.55. The largest absolute Gasteiger partial charge is 0.454 e. The van der Waals surface area contributed by atoms with Crippen LogP contribution in [0.3, 0.4) is 0 Å². The molecule has 2 aliphatic heterocycles. The molecule has 28 heavy (non-hydrogen) atoms. The van der Waals surface area contributed by atoms with Crippen molar-refractivity contribution in [3.8, 4) is 11.5 Å². The molecular formula is C21H24N2O5. The highest BCUT2D eigenvalue weighted by atomic mass is 16.7. The van der Waals surface area contributed by atoms with Gasteiger partial charge in [-0.05, 0) is 43.5 Å². The van der Waals surface area contributed by atoms with Gasteiger partial charge >= 0.3 is 0 Å². The number of hydrogen-bond acceptors (Lipinski definition) is 5. The topological polar surface area (TPSA) is 91.9 Å². The van der Waals surface area contributed by atoms with E-state index in [9.17, 15) is 14.7 Å². The first kappa shape index (κ1) is 18.6. The van der Waals surface area contributed by atoms with Crippen LogP contribution in [-0.4, -0.2) is 52.7 Å². The molecule has 0 spiro atoms. The lowest BCUT2D eigenvalue weighted by Crippen LogP contribution is -2.46. The lowest BCUT2D eigenvalue weighted by atomic mass is 9.86. The number of Topliss-reactive ketones (excluding diaryl/α,β-unsaturated/α-hetero) is 1. The van der Waals surface area contributed by atoms with E-state index in [0.29, 0.717) is 47.0 Å². The van der Waals surface area contributed by atoms with Gasteiger partial charge in [0, 0.05) is 31.6 Å². The van der Waals surface area contributed by atoms with Crippen molar-refractivity contribution in [3.05, 3.63) is 46.3 Å². The van der Waals surface area contributed by atoms with E-state index in [1.807, 2.05) is 18.2 Å². The summed E-state index contributed by atoms with van der Waals surface area (Å²) < 4.78 is 10.8. The Kier molecular flexibility index (Phi) is 4.63. The molecule has 0 bridgehead atoms. The number of aliphatic hydroxyl groups excluding tert-OH is 1. The molecule has 1 amide bonds. The number of carbonyl (C=O) groups is 2. The van der Waals surface area contributed by atoms with Gasteiger partial charge in [0.05, 0.1) is 17.4 Å². The standard InChI is InChI=1S/C21H24N2O5/c1-11-19(12(2)22-20(11)13(3)24)21(26)23-7-6-15(16(25)9-23)14-4-5-17-18(8-14)28-10-27-17/h4-5,8,15-16,22,25H,6-7,9-10H2,1-3H3/t15-,16+/m0/s1. The molecule has 2 aliphatic rings. The number of amides is 1. The highest BCUT2D eigenvalue weighted by molar-refractivity contribution is 6.02. The normalized spacial score (nSPS) is 21.1. The second-order valence-electron chi connectivity index (χ2n) is 7.51. The number of benzene rings is 1. The maximum absolute atomic E-state index is 13.1. The Morgan fingerprint density at radius 3 is 2.64 bits per heavy atom. The third-order valence-corrected chi connectivity index (χ3v) is 5.70. The first-order chi connectivity index (χ1) is 13.4. The van der Waals surface area contributed by atoms with Gasteiger partial charge < -0.3 is 24.5 Å². The van der Waals surface area contributed by atoms with Crippen LogP contribution < -0.4 is 9.47 Å². The minimum atomic E-state index is -0.676. The molecule has 1 fully saturated rings. The van der Waals surface area contributed by atoms with Crippen LogP contribution in [0.2, 0.25) is 0 Å². The van der Waals surface area contributed by atoms with Gasteiger partial charge in [0.25, 0.3) is 5.91 Å². The molecule has 2 N–H and O–H groups in total. The van der Waals surface area contributed by atoms with Gasteiger partial charge in [-0.15, -0.1) is 0 Å². The molecule has 0 unspecified atom stereocenters. The third kappa shape index (κ3) is 3.05. The maximum Gasteiger partial charge on any atom is 0.256 e. The monoisotopic (exact) mass is 384 g/mol. The molecular weight excluding hydrogens is 360 g/mol. The van der Waals surface area contributed by atoms with Crippen molar-refractivity contribution >= 4 is 11.7 Å². The highest BCUT2D eigenvalue weighted by Gasteiger charge is 2.34. The summed E-state index contributed by atoms with van der Waals surface area (Å²) in [4.78, 5) is 29.5. The highest BCUT2D eigenvalue weighted by Crippen LogP contribution is 2.37. The molecule has 0 radical (unpaired) electrons. The fourth-order valence-corrected chi connectivity index (χ4v) is 4.23. The lowest BCUT2D eigenvalue weighted by Gasteiger charge is -2.36. The number of aromatic amines is 1. The summed E-state index contributed by atoms with van der Waals surface area (Å²) in [5.74, 6) is 1.09. The fraction of sp³-hybridized carbons (Fsp3) is 0.429. The smallest absolute Gasteiger partial charge is 0.256 e. The number of likely N-dealkylation sites (tertiary alicyclic amines) is 1. The summed E-state index contributed by atoms with van der Waals surface area (Å²) in [7, 11) is 0. The van der Waals surface area contributed by atoms with Gasteiger partial charge in [-0.2, -0.15) is 0 Å².